The second kappa shape index (κ2) is 6.25. The first-order valence-corrected chi connectivity index (χ1v) is 7.72. The predicted octanol–water partition coefficient (Wildman–Crippen LogP) is 3.82. The highest BCUT2D eigenvalue weighted by Crippen LogP contribution is 2.40. The number of nitrogens with one attached hydrogen (secondary N) is 1. The molecular weight excluding hydrogens is 238 g/mol. The fraction of sp³-hybridized carbons (Fsp3) is 0.938. The van der Waals surface area contributed by atoms with Crippen molar-refractivity contribution >= 4 is 5.97 Å². The van der Waals surface area contributed by atoms with Gasteiger partial charge in [0, 0.05) is 6.04 Å². The van der Waals surface area contributed by atoms with Gasteiger partial charge in [0.1, 0.15) is 5.54 Å². The summed E-state index contributed by atoms with van der Waals surface area (Å²) in [6, 6.07) is 0.266. The molecule has 1 saturated carbocycles. The van der Waals surface area contributed by atoms with Gasteiger partial charge in [0.05, 0.1) is 0 Å². The highest BCUT2D eigenvalue weighted by molar-refractivity contribution is 5.78. The van der Waals surface area contributed by atoms with Crippen LogP contribution >= 0.6 is 0 Å². The maximum Gasteiger partial charge on any atom is 0.323 e. The Labute approximate surface area is 118 Å². The van der Waals surface area contributed by atoms with Gasteiger partial charge in [0.15, 0.2) is 0 Å². The molecule has 0 spiro atoms. The quantitative estimate of drug-likeness (QED) is 0.763. The van der Waals surface area contributed by atoms with Crippen molar-refractivity contribution in [1.82, 2.24) is 5.32 Å². The van der Waals surface area contributed by atoms with E-state index in [1.54, 1.807) is 0 Å². The molecule has 3 unspecified atom stereocenters. The molecule has 0 heterocycles. The molecule has 3 heteroatoms. The second-order valence-corrected chi connectivity index (χ2v) is 7.33. The average Bonchev–Trinajstić information content (AvgIpc) is 2.51. The average molecular weight is 269 g/mol. The van der Waals surface area contributed by atoms with Gasteiger partial charge < -0.3 is 5.11 Å². The second-order valence-electron chi connectivity index (χ2n) is 7.33. The van der Waals surface area contributed by atoms with E-state index >= 15 is 0 Å². The summed E-state index contributed by atoms with van der Waals surface area (Å²) in [7, 11) is 0. The molecular formula is C16H31NO2. The van der Waals surface area contributed by atoms with Gasteiger partial charge in [-0.05, 0) is 50.4 Å². The summed E-state index contributed by atoms with van der Waals surface area (Å²) >= 11 is 0. The van der Waals surface area contributed by atoms with E-state index < -0.39 is 11.5 Å². The molecule has 1 rings (SSSR count). The lowest BCUT2D eigenvalue weighted by Crippen LogP contribution is -2.55. The summed E-state index contributed by atoms with van der Waals surface area (Å²) in [5.41, 5.74) is -0.416. The molecule has 0 aromatic rings. The van der Waals surface area contributed by atoms with Crippen molar-refractivity contribution in [3.05, 3.63) is 0 Å². The van der Waals surface area contributed by atoms with Crippen LogP contribution in [0.4, 0.5) is 0 Å². The molecule has 112 valence electrons. The lowest BCUT2D eigenvalue weighted by atomic mass is 9.76. The highest BCUT2D eigenvalue weighted by atomic mass is 16.4. The molecule has 0 bridgehead atoms. The molecule has 2 N–H and O–H groups in total. The first-order valence-electron chi connectivity index (χ1n) is 7.72. The van der Waals surface area contributed by atoms with Crippen LogP contribution in [0.25, 0.3) is 0 Å². The number of carbonyl (C=O) groups is 1. The predicted molar refractivity (Wildman–Crippen MR) is 79.3 cm³/mol. The zero-order chi connectivity index (χ0) is 14.7. The van der Waals surface area contributed by atoms with Gasteiger partial charge in [0.2, 0.25) is 0 Å². The zero-order valence-corrected chi connectivity index (χ0v) is 13.3. The van der Waals surface area contributed by atoms with Crippen LogP contribution in [0.1, 0.15) is 73.1 Å². The van der Waals surface area contributed by atoms with Crippen LogP contribution in [0, 0.1) is 11.3 Å². The normalized spacial score (nSPS) is 30.7. The fourth-order valence-electron chi connectivity index (χ4n) is 3.20. The summed E-state index contributed by atoms with van der Waals surface area (Å²) in [4.78, 5) is 11.8. The van der Waals surface area contributed by atoms with E-state index in [0.717, 1.165) is 38.5 Å². The van der Waals surface area contributed by atoms with Gasteiger partial charge in [0.25, 0.3) is 0 Å². The van der Waals surface area contributed by atoms with Crippen LogP contribution in [0.3, 0.4) is 0 Å². The molecule has 0 radical (unpaired) electrons. The van der Waals surface area contributed by atoms with E-state index in [4.69, 9.17) is 0 Å². The molecule has 1 fully saturated rings. The zero-order valence-electron chi connectivity index (χ0n) is 13.3. The van der Waals surface area contributed by atoms with Gasteiger partial charge in [-0.1, -0.05) is 34.1 Å². The van der Waals surface area contributed by atoms with Crippen LogP contribution in [0.5, 0.6) is 0 Å². The maximum absolute atomic E-state index is 11.8. The van der Waals surface area contributed by atoms with Crippen LogP contribution < -0.4 is 5.32 Å². The molecule has 0 aromatic carbocycles. The fourth-order valence-corrected chi connectivity index (χ4v) is 3.20. The molecule has 0 aliphatic heterocycles. The van der Waals surface area contributed by atoms with Crippen LogP contribution in [-0.2, 0) is 4.79 Å². The van der Waals surface area contributed by atoms with Gasteiger partial charge in [-0.3, -0.25) is 10.1 Å². The first kappa shape index (κ1) is 16.5. The van der Waals surface area contributed by atoms with E-state index in [1.165, 1.54) is 0 Å². The minimum atomic E-state index is -0.699. The lowest BCUT2D eigenvalue weighted by Gasteiger charge is -2.33. The van der Waals surface area contributed by atoms with Crippen molar-refractivity contribution in [2.45, 2.75) is 84.7 Å². The number of carboxylic acid groups (broad SMARTS) is 1. The summed E-state index contributed by atoms with van der Waals surface area (Å²) in [5.74, 6) is -0.0326. The van der Waals surface area contributed by atoms with E-state index in [2.05, 4.69) is 39.9 Å². The first-order chi connectivity index (χ1) is 8.71. The van der Waals surface area contributed by atoms with E-state index in [0.29, 0.717) is 5.92 Å². The van der Waals surface area contributed by atoms with Crippen molar-refractivity contribution in [2.75, 3.05) is 0 Å². The maximum atomic E-state index is 11.8. The van der Waals surface area contributed by atoms with Gasteiger partial charge in [-0.25, -0.2) is 0 Å². The topological polar surface area (TPSA) is 49.3 Å². The SMILES string of the molecule is CCC(C)NC1(C(=O)O)CCCC(C(C)(C)C)CC1. The van der Waals surface area contributed by atoms with E-state index in [1.807, 2.05) is 0 Å². The summed E-state index contributed by atoms with van der Waals surface area (Å²) < 4.78 is 0. The van der Waals surface area contributed by atoms with Gasteiger partial charge in [-0.2, -0.15) is 0 Å². The Bertz CT molecular complexity index is 308. The number of rotatable bonds is 4. The Morgan fingerprint density at radius 2 is 2.00 bits per heavy atom. The van der Waals surface area contributed by atoms with Crippen molar-refractivity contribution in [1.29, 1.82) is 0 Å². The van der Waals surface area contributed by atoms with Gasteiger partial charge in [-0.15, -0.1) is 0 Å². The van der Waals surface area contributed by atoms with Crippen molar-refractivity contribution in [2.24, 2.45) is 11.3 Å². The van der Waals surface area contributed by atoms with Crippen LogP contribution in [0.2, 0.25) is 0 Å². The van der Waals surface area contributed by atoms with Crippen molar-refractivity contribution in [3.63, 3.8) is 0 Å². The Hall–Kier alpha value is -0.570. The lowest BCUT2D eigenvalue weighted by molar-refractivity contribution is -0.146. The van der Waals surface area contributed by atoms with E-state index in [-0.39, 0.29) is 11.5 Å². The van der Waals surface area contributed by atoms with Crippen LogP contribution in [-0.4, -0.2) is 22.7 Å². The third-order valence-electron chi connectivity index (χ3n) is 4.84. The van der Waals surface area contributed by atoms with E-state index in [9.17, 15) is 9.90 Å². The van der Waals surface area contributed by atoms with Crippen molar-refractivity contribution < 1.29 is 9.90 Å². The minimum Gasteiger partial charge on any atom is -0.480 e. The Morgan fingerprint density at radius 3 is 2.47 bits per heavy atom. The monoisotopic (exact) mass is 269 g/mol. The number of aliphatic carboxylic acids is 1. The highest BCUT2D eigenvalue weighted by Gasteiger charge is 2.42. The van der Waals surface area contributed by atoms with Crippen molar-refractivity contribution in [3.8, 4) is 0 Å². The number of hydrogen-bond acceptors (Lipinski definition) is 2. The molecule has 19 heavy (non-hydrogen) atoms. The van der Waals surface area contributed by atoms with Crippen LogP contribution in [0.15, 0.2) is 0 Å². The summed E-state index contributed by atoms with van der Waals surface area (Å²) in [6.07, 6.45) is 5.67. The standard InChI is InChI=1S/C16H31NO2/c1-6-12(2)17-16(14(18)19)10-7-8-13(9-11-16)15(3,4)5/h12-13,17H,6-11H2,1-5H3,(H,18,19). The molecule has 0 saturated heterocycles. The molecule has 1 aliphatic rings. The third kappa shape index (κ3) is 4.20. The Kier molecular flexibility index (Phi) is 5.43. The Morgan fingerprint density at radius 1 is 1.37 bits per heavy atom. The molecule has 0 aromatic heterocycles. The number of hydrogen-bond donors (Lipinski definition) is 2. The molecule has 0 amide bonds. The smallest absolute Gasteiger partial charge is 0.323 e. The number of carboxylic acids is 1. The van der Waals surface area contributed by atoms with Gasteiger partial charge >= 0.3 is 5.97 Å². The minimum absolute atomic E-state index is 0.266. The summed E-state index contributed by atoms with van der Waals surface area (Å²) in [5, 5.41) is 13.1. The molecule has 3 atom stereocenters. The largest absolute Gasteiger partial charge is 0.480 e. The summed E-state index contributed by atoms with van der Waals surface area (Å²) in [6.45, 7) is 11.0. The molecule has 3 nitrogen and oxygen atoms in total. The molecule has 1 aliphatic carbocycles. The Balaban J connectivity index is 2.82. The third-order valence-corrected chi connectivity index (χ3v) is 4.84.